The molecule has 0 aliphatic carbocycles. The van der Waals surface area contributed by atoms with E-state index in [9.17, 15) is 4.79 Å². The van der Waals surface area contributed by atoms with Crippen LogP contribution in [0, 0.1) is 6.92 Å². The Hall–Kier alpha value is -2.07. The third-order valence-electron chi connectivity index (χ3n) is 2.96. The number of benzene rings is 1. The van der Waals surface area contributed by atoms with Crippen LogP contribution in [0.3, 0.4) is 0 Å². The molecule has 0 atom stereocenters. The van der Waals surface area contributed by atoms with Crippen molar-refractivity contribution in [3.8, 4) is 0 Å². The smallest absolute Gasteiger partial charge is 0.259 e. The second-order valence-corrected chi connectivity index (χ2v) is 4.44. The molecule has 0 aliphatic rings. The largest absolute Gasteiger partial charge is 0.469 e. The van der Waals surface area contributed by atoms with Crippen LogP contribution in [0.1, 0.15) is 28.1 Å². The van der Waals surface area contributed by atoms with Gasteiger partial charge in [-0.25, -0.2) is 0 Å². The summed E-state index contributed by atoms with van der Waals surface area (Å²) < 4.78 is 5.13. The Balaban J connectivity index is 2.07. The monoisotopic (exact) mass is 258 g/mol. The zero-order valence-electron chi connectivity index (χ0n) is 11.0. The maximum absolute atomic E-state index is 12.0. The SMILES string of the molecule is Cc1occc1C(=O)Nc1cccc(CCCN)c1. The Morgan fingerprint density at radius 1 is 1.37 bits per heavy atom. The molecular formula is C15H18N2O2. The Morgan fingerprint density at radius 3 is 2.89 bits per heavy atom. The van der Waals surface area contributed by atoms with Crippen molar-refractivity contribution in [1.82, 2.24) is 0 Å². The quantitative estimate of drug-likeness (QED) is 0.866. The van der Waals surface area contributed by atoms with Gasteiger partial charge in [-0.15, -0.1) is 0 Å². The van der Waals surface area contributed by atoms with Gasteiger partial charge in [-0.3, -0.25) is 4.79 Å². The summed E-state index contributed by atoms with van der Waals surface area (Å²) in [7, 11) is 0. The summed E-state index contributed by atoms with van der Waals surface area (Å²) in [5, 5.41) is 2.87. The third kappa shape index (κ3) is 3.45. The number of aryl methyl sites for hydroxylation is 2. The van der Waals surface area contributed by atoms with Gasteiger partial charge < -0.3 is 15.5 Å². The van der Waals surface area contributed by atoms with Crippen LogP contribution >= 0.6 is 0 Å². The molecule has 4 nitrogen and oxygen atoms in total. The lowest BCUT2D eigenvalue weighted by molar-refractivity contribution is 0.102. The van der Waals surface area contributed by atoms with Crippen molar-refractivity contribution < 1.29 is 9.21 Å². The van der Waals surface area contributed by atoms with Crippen molar-refractivity contribution in [3.05, 3.63) is 53.5 Å². The molecule has 0 fully saturated rings. The molecule has 2 rings (SSSR count). The van der Waals surface area contributed by atoms with E-state index in [0.29, 0.717) is 17.9 Å². The zero-order chi connectivity index (χ0) is 13.7. The predicted octanol–water partition coefficient (Wildman–Crippen LogP) is 2.73. The summed E-state index contributed by atoms with van der Waals surface area (Å²) in [5.41, 5.74) is 8.02. The fourth-order valence-electron chi connectivity index (χ4n) is 1.93. The average molecular weight is 258 g/mol. The topological polar surface area (TPSA) is 68.3 Å². The summed E-state index contributed by atoms with van der Waals surface area (Å²) in [6.07, 6.45) is 3.38. The lowest BCUT2D eigenvalue weighted by atomic mass is 10.1. The first-order valence-corrected chi connectivity index (χ1v) is 6.35. The summed E-state index contributed by atoms with van der Waals surface area (Å²) >= 11 is 0. The lowest BCUT2D eigenvalue weighted by Gasteiger charge is -2.06. The van der Waals surface area contributed by atoms with Crippen molar-refractivity contribution in [2.24, 2.45) is 5.73 Å². The van der Waals surface area contributed by atoms with E-state index in [0.717, 1.165) is 18.5 Å². The summed E-state index contributed by atoms with van der Waals surface area (Å²) in [4.78, 5) is 12.0. The highest BCUT2D eigenvalue weighted by atomic mass is 16.3. The molecule has 2 aromatic rings. The molecule has 1 heterocycles. The van der Waals surface area contributed by atoms with Gasteiger partial charge in [0.2, 0.25) is 0 Å². The minimum absolute atomic E-state index is 0.151. The number of carbonyl (C=O) groups is 1. The molecule has 0 radical (unpaired) electrons. The molecule has 0 saturated heterocycles. The van der Waals surface area contributed by atoms with Gasteiger partial charge in [0.15, 0.2) is 0 Å². The second-order valence-electron chi connectivity index (χ2n) is 4.44. The van der Waals surface area contributed by atoms with Crippen LogP contribution in [0.2, 0.25) is 0 Å². The van der Waals surface area contributed by atoms with Crippen molar-refractivity contribution in [2.75, 3.05) is 11.9 Å². The average Bonchev–Trinajstić information content (AvgIpc) is 2.83. The van der Waals surface area contributed by atoms with Gasteiger partial charge in [-0.05, 0) is 50.1 Å². The Morgan fingerprint density at radius 2 is 2.21 bits per heavy atom. The molecule has 0 unspecified atom stereocenters. The molecule has 0 aliphatic heterocycles. The van der Waals surface area contributed by atoms with Crippen LogP contribution in [-0.2, 0) is 6.42 Å². The van der Waals surface area contributed by atoms with E-state index in [4.69, 9.17) is 10.2 Å². The number of hydrogen-bond donors (Lipinski definition) is 2. The highest BCUT2D eigenvalue weighted by Gasteiger charge is 2.11. The van der Waals surface area contributed by atoms with Gasteiger partial charge in [-0.1, -0.05) is 12.1 Å². The Kier molecular flexibility index (Phi) is 4.36. The van der Waals surface area contributed by atoms with Crippen molar-refractivity contribution in [1.29, 1.82) is 0 Å². The molecule has 100 valence electrons. The number of rotatable bonds is 5. The summed E-state index contributed by atoms with van der Waals surface area (Å²) in [6.45, 7) is 2.44. The maximum atomic E-state index is 12.0. The molecule has 19 heavy (non-hydrogen) atoms. The van der Waals surface area contributed by atoms with Gasteiger partial charge in [0.1, 0.15) is 5.76 Å². The molecule has 0 bridgehead atoms. The van der Waals surface area contributed by atoms with E-state index in [1.165, 1.54) is 11.8 Å². The highest BCUT2D eigenvalue weighted by Crippen LogP contribution is 2.15. The molecular weight excluding hydrogens is 240 g/mol. The molecule has 1 aromatic heterocycles. The van der Waals surface area contributed by atoms with Gasteiger partial charge in [0.05, 0.1) is 11.8 Å². The predicted molar refractivity (Wildman–Crippen MR) is 75.2 cm³/mol. The first-order chi connectivity index (χ1) is 9.20. The minimum atomic E-state index is -0.151. The van der Waals surface area contributed by atoms with Gasteiger partial charge in [0, 0.05) is 5.69 Å². The van der Waals surface area contributed by atoms with Crippen LogP contribution in [-0.4, -0.2) is 12.5 Å². The van der Waals surface area contributed by atoms with E-state index in [1.807, 2.05) is 24.3 Å². The first-order valence-electron chi connectivity index (χ1n) is 6.35. The zero-order valence-corrected chi connectivity index (χ0v) is 11.0. The van der Waals surface area contributed by atoms with Crippen LogP contribution in [0.5, 0.6) is 0 Å². The van der Waals surface area contributed by atoms with Crippen LogP contribution in [0.4, 0.5) is 5.69 Å². The number of carbonyl (C=O) groups excluding carboxylic acids is 1. The normalized spacial score (nSPS) is 10.4. The van der Waals surface area contributed by atoms with E-state index in [2.05, 4.69) is 5.32 Å². The lowest BCUT2D eigenvalue weighted by Crippen LogP contribution is -2.12. The third-order valence-corrected chi connectivity index (χ3v) is 2.96. The molecule has 3 N–H and O–H groups in total. The number of furan rings is 1. The first kappa shape index (κ1) is 13.4. The van der Waals surface area contributed by atoms with Crippen molar-refractivity contribution in [3.63, 3.8) is 0 Å². The van der Waals surface area contributed by atoms with E-state index < -0.39 is 0 Å². The maximum Gasteiger partial charge on any atom is 0.259 e. The standard InChI is InChI=1S/C15H18N2O2/c1-11-14(7-9-19-11)15(18)17-13-6-2-4-12(10-13)5-3-8-16/h2,4,6-7,9-10H,3,5,8,16H2,1H3,(H,17,18). The van der Waals surface area contributed by atoms with E-state index >= 15 is 0 Å². The van der Waals surface area contributed by atoms with Crippen LogP contribution in [0.15, 0.2) is 41.0 Å². The Labute approximate surface area is 112 Å². The molecule has 1 aromatic carbocycles. The van der Waals surface area contributed by atoms with Crippen LogP contribution in [0.25, 0.3) is 0 Å². The number of amides is 1. The number of anilines is 1. The fraction of sp³-hybridized carbons (Fsp3) is 0.267. The van der Waals surface area contributed by atoms with E-state index in [1.54, 1.807) is 13.0 Å². The van der Waals surface area contributed by atoms with Gasteiger partial charge in [0.25, 0.3) is 5.91 Å². The Bertz CT molecular complexity index is 561. The summed E-state index contributed by atoms with van der Waals surface area (Å²) in [5.74, 6) is 0.471. The number of hydrogen-bond acceptors (Lipinski definition) is 3. The highest BCUT2D eigenvalue weighted by molar-refractivity contribution is 6.04. The van der Waals surface area contributed by atoms with Crippen molar-refractivity contribution >= 4 is 11.6 Å². The van der Waals surface area contributed by atoms with Gasteiger partial charge in [-0.2, -0.15) is 0 Å². The molecule has 0 saturated carbocycles. The number of nitrogens with two attached hydrogens (primary N) is 1. The van der Waals surface area contributed by atoms with Crippen molar-refractivity contribution in [2.45, 2.75) is 19.8 Å². The molecule has 0 spiro atoms. The molecule has 1 amide bonds. The summed E-state index contributed by atoms with van der Waals surface area (Å²) in [6, 6.07) is 9.49. The minimum Gasteiger partial charge on any atom is -0.469 e. The van der Waals surface area contributed by atoms with E-state index in [-0.39, 0.29) is 5.91 Å². The number of nitrogens with one attached hydrogen (secondary N) is 1. The molecule has 4 heteroatoms. The van der Waals surface area contributed by atoms with Crippen LogP contribution < -0.4 is 11.1 Å². The van der Waals surface area contributed by atoms with Gasteiger partial charge >= 0.3 is 0 Å². The fourth-order valence-corrected chi connectivity index (χ4v) is 1.93. The second kappa shape index (κ2) is 6.20.